The number of esters is 1. The van der Waals surface area contributed by atoms with Crippen LogP contribution in [0.5, 0.6) is 5.75 Å². The molecule has 0 spiro atoms. The molecule has 3 nitrogen and oxygen atoms in total. The van der Waals surface area contributed by atoms with Gasteiger partial charge in [-0.1, -0.05) is 12.1 Å². The molecule has 0 atom stereocenters. The second-order valence-corrected chi connectivity index (χ2v) is 20.3. The van der Waals surface area contributed by atoms with E-state index in [0.29, 0.717) is 0 Å². The highest BCUT2D eigenvalue weighted by Crippen LogP contribution is 2.64. The first kappa shape index (κ1) is 14.8. The van der Waals surface area contributed by atoms with Crippen LogP contribution in [0.25, 0.3) is 0 Å². The van der Waals surface area contributed by atoms with Crippen LogP contribution in [0.3, 0.4) is 0 Å². The van der Waals surface area contributed by atoms with Crippen LogP contribution in [-0.2, 0) is 16.0 Å². The van der Waals surface area contributed by atoms with Crippen molar-refractivity contribution in [3.05, 3.63) is 29.8 Å². The van der Waals surface area contributed by atoms with Crippen molar-refractivity contribution in [1.29, 1.82) is 0 Å². The van der Waals surface area contributed by atoms with Gasteiger partial charge in [0.15, 0.2) is 0 Å². The SMILES string of the molecule is COC(=O)Cc1cccc(OSP(I)I)c1. The Kier molecular flexibility index (Phi) is 7.34. The quantitative estimate of drug-likeness (QED) is 0.268. The molecule has 0 N–H and O–H groups in total. The average molecular weight is 482 g/mol. The van der Waals surface area contributed by atoms with Crippen LogP contribution in [0.1, 0.15) is 5.56 Å². The lowest BCUT2D eigenvalue weighted by molar-refractivity contribution is -0.139. The van der Waals surface area contributed by atoms with Gasteiger partial charge < -0.3 is 8.92 Å². The second-order valence-electron chi connectivity index (χ2n) is 2.76. The molecule has 1 rings (SSSR count). The summed E-state index contributed by atoms with van der Waals surface area (Å²) >= 11 is 6.08. The van der Waals surface area contributed by atoms with E-state index in [0.717, 1.165) is 11.3 Å². The van der Waals surface area contributed by atoms with Crippen LogP contribution in [-0.4, -0.2) is 13.1 Å². The summed E-state index contributed by atoms with van der Waals surface area (Å²) < 4.78 is 9.90. The largest absolute Gasteiger partial charge is 0.469 e. The van der Waals surface area contributed by atoms with Gasteiger partial charge in [-0.05, 0) is 61.8 Å². The Labute approximate surface area is 126 Å². The summed E-state index contributed by atoms with van der Waals surface area (Å²) in [5.74, 6) is 0.530. The van der Waals surface area contributed by atoms with Gasteiger partial charge in [-0.2, -0.15) is 0 Å². The van der Waals surface area contributed by atoms with Crippen molar-refractivity contribution in [1.82, 2.24) is 0 Å². The van der Waals surface area contributed by atoms with E-state index in [-0.39, 0.29) is 14.8 Å². The topological polar surface area (TPSA) is 35.5 Å². The van der Waals surface area contributed by atoms with Crippen molar-refractivity contribution in [2.45, 2.75) is 6.42 Å². The standard InChI is InChI=1S/C9H9I2O3PS/c1-13-9(12)6-7-3-2-4-8(5-7)14-16-15(10)11/h2-5H,6H2,1H3. The summed E-state index contributed by atoms with van der Waals surface area (Å²) in [6.07, 6.45) is 0.279. The van der Waals surface area contributed by atoms with Gasteiger partial charge in [-0.15, -0.1) is 0 Å². The van der Waals surface area contributed by atoms with Gasteiger partial charge in [0.05, 0.1) is 13.5 Å². The minimum atomic E-state index is -0.241. The van der Waals surface area contributed by atoms with E-state index in [4.69, 9.17) is 4.18 Å². The molecule has 0 aliphatic rings. The Hall–Kier alpha value is 0.730. The van der Waals surface area contributed by atoms with Gasteiger partial charge in [-0.25, -0.2) is 0 Å². The third-order valence-electron chi connectivity index (χ3n) is 1.66. The van der Waals surface area contributed by atoms with Crippen LogP contribution >= 0.6 is 58.2 Å². The van der Waals surface area contributed by atoms with E-state index in [1.54, 1.807) is 0 Å². The Morgan fingerprint density at radius 1 is 1.50 bits per heavy atom. The number of benzene rings is 1. The Morgan fingerprint density at radius 2 is 2.25 bits per heavy atom. The number of ether oxygens (including phenoxy) is 1. The Morgan fingerprint density at radius 3 is 2.88 bits per heavy atom. The third kappa shape index (κ3) is 5.88. The molecule has 16 heavy (non-hydrogen) atoms. The van der Waals surface area contributed by atoms with Crippen molar-refractivity contribution >= 4 is 64.1 Å². The molecule has 0 aliphatic carbocycles. The predicted octanol–water partition coefficient (Wildman–Crippen LogP) is 4.53. The van der Waals surface area contributed by atoms with E-state index in [9.17, 15) is 4.79 Å². The lowest BCUT2D eigenvalue weighted by Gasteiger charge is -2.06. The molecule has 1 aromatic rings. The zero-order valence-corrected chi connectivity index (χ0v) is 14.4. The summed E-state index contributed by atoms with van der Waals surface area (Å²) in [6, 6.07) is 7.48. The van der Waals surface area contributed by atoms with Gasteiger partial charge in [0.2, 0.25) is 0 Å². The van der Waals surface area contributed by atoms with Gasteiger partial charge in [0.1, 0.15) is 19.8 Å². The zero-order valence-electron chi connectivity index (χ0n) is 8.35. The third-order valence-corrected chi connectivity index (χ3v) is 5.50. The van der Waals surface area contributed by atoms with Gasteiger partial charge >= 0.3 is 5.97 Å². The van der Waals surface area contributed by atoms with Crippen molar-refractivity contribution in [2.75, 3.05) is 7.11 Å². The lowest BCUT2D eigenvalue weighted by atomic mass is 10.1. The predicted molar refractivity (Wildman–Crippen MR) is 85.3 cm³/mol. The zero-order chi connectivity index (χ0) is 12.0. The molecule has 0 amide bonds. The maximum Gasteiger partial charge on any atom is 0.309 e. The van der Waals surface area contributed by atoms with Gasteiger partial charge in [0.25, 0.3) is 0 Å². The molecule has 0 heterocycles. The summed E-state index contributed by atoms with van der Waals surface area (Å²) in [7, 11) is 1.39. The second kappa shape index (κ2) is 7.94. The number of carbonyl (C=O) groups is 1. The Balaban J connectivity index is 2.60. The molecule has 1 aromatic carbocycles. The first-order chi connectivity index (χ1) is 7.61. The number of hydrogen-bond acceptors (Lipinski definition) is 4. The monoisotopic (exact) mass is 482 g/mol. The molecule has 0 aromatic heterocycles. The highest BCUT2D eigenvalue weighted by Gasteiger charge is 2.05. The molecule has 0 unspecified atom stereocenters. The van der Waals surface area contributed by atoms with Crippen LogP contribution < -0.4 is 4.18 Å². The van der Waals surface area contributed by atoms with Crippen molar-refractivity contribution < 1.29 is 13.7 Å². The molecule has 0 aliphatic heterocycles. The molecule has 0 saturated carbocycles. The number of carbonyl (C=O) groups excluding carboxylic acids is 1. The molecule has 0 bridgehead atoms. The fraction of sp³-hybridized carbons (Fsp3) is 0.222. The van der Waals surface area contributed by atoms with Crippen molar-refractivity contribution in [2.24, 2.45) is 0 Å². The smallest absolute Gasteiger partial charge is 0.309 e. The van der Waals surface area contributed by atoms with Crippen LogP contribution in [0.2, 0.25) is 0 Å². The fourth-order valence-corrected chi connectivity index (χ4v) is 3.14. The number of hydrogen-bond donors (Lipinski definition) is 0. The highest BCUT2D eigenvalue weighted by atomic mass is 127. The Bertz CT molecular complexity index is 362. The van der Waals surface area contributed by atoms with Gasteiger partial charge in [-0.3, -0.25) is 4.79 Å². The molecule has 0 radical (unpaired) electrons. The van der Waals surface area contributed by atoms with Crippen LogP contribution in [0, 0.1) is 0 Å². The maximum atomic E-state index is 11.1. The molecule has 0 fully saturated rings. The van der Waals surface area contributed by atoms with E-state index < -0.39 is 0 Å². The lowest BCUT2D eigenvalue weighted by Crippen LogP contribution is -2.04. The number of halogens is 2. The molecule has 88 valence electrons. The summed E-state index contributed by atoms with van der Waals surface area (Å²) in [6.45, 7) is 0. The minimum Gasteiger partial charge on any atom is -0.469 e. The molecule has 7 heteroatoms. The average Bonchev–Trinajstić information content (AvgIpc) is 2.26. The number of methoxy groups -OCH3 is 1. The fourth-order valence-electron chi connectivity index (χ4n) is 1.02. The molecule has 0 saturated heterocycles. The normalized spacial score (nSPS) is 10.2. The molecular formula is C9H9I2O3PS. The van der Waals surface area contributed by atoms with Crippen LogP contribution in [0.15, 0.2) is 24.3 Å². The van der Waals surface area contributed by atoms with E-state index in [1.807, 2.05) is 24.3 Å². The highest BCUT2D eigenvalue weighted by molar-refractivity contribution is 14.3. The summed E-state index contributed by atoms with van der Waals surface area (Å²) in [5.41, 5.74) is 0.899. The van der Waals surface area contributed by atoms with E-state index in [2.05, 4.69) is 48.8 Å². The summed E-state index contributed by atoms with van der Waals surface area (Å²) in [5, 5.41) is 0. The van der Waals surface area contributed by atoms with E-state index in [1.165, 1.54) is 18.8 Å². The number of rotatable bonds is 5. The first-order valence-electron chi connectivity index (χ1n) is 4.24. The van der Waals surface area contributed by atoms with Crippen LogP contribution in [0.4, 0.5) is 0 Å². The summed E-state index contributed by atoms with van der Waals surface area (Å²) in [4.78, 5) is 11.1. The maximum absolute atomic E-state index is 11.1. The minimum absolute atomic E-state index is 0.211. The van der Waals surface area contributed by atoms with Crippen molar-refractivity contribution in [3.8, 4) is 5.75 Å². The van der Waals surface area contributed by atoms with Crippen molar-refractivity contribution in [3.63, 3.8) is 0 Å². The first-order valence-corrected chi connectivity index (χ1v) is 12.5. The van der Waals surface area contributed by atoms with E-state index >= 15 is 0 Å². The molecular weight excluding hydrogens is 473 g/mol. The van der Waals surface area contributed by atoms with Gasteiger partial charge in [0, 0.05) is 0 Å².